The standard InChI is InChI=1S/C22H31N5O3/c1-6-18-15(5)23-22(25-21(18)29)27-19(11-14(4)26-27)24-20(28)12-30-17-9-7-16(8-10-17)13(2)3/h7-11,13,15,18,22-23H,6,12H2,1-5H3,(H,24,28)(H,25,29). The molecule has 1 aliphatic heterocycles. The Balaban J connectivity index is 1.63. The van der Waals surface area contributed by atoms with Gasteiger partial charge in [0.25, 0.3) is 5.91 Å². The van der Waals surface area contributed by atoms with Crippen LogP contribution in [0.4, 0.5) is 5.82 Å². The first-order chi connectivity index (χ1) is 14.3. The van der Waals surface area contributed by atoms with Crippen LogP contribution < -0.4 is 20.7 Å². The molecular formula is C22H31N5O3. The van der Waals surface area contributed by atoms with E-state index in [1.165, 1.54) is 5.56 Å². The van der Waals surface area contributed by atoms with E-state index >= 15 is 0 Å². The third-order valence-electron chi connectivity index (χ3n) is 5.37. The Bertz CT molecular complexity index is 891. The molecule has 162 valence electrons. The van der Waals surface area contributed by atoms with Gasteiger partial charge in [0.1, 0.15) is 11.6 Å². The molecule has 0 radical (unpaired) electrons. The molecule has 0 spiro atoms. The van der Waals surface area contributed by atoms with E-state index in [0.29, 0.717) is 17.5 Å². The van der Waals surface area contributed by atoms with Crippen LogP contribution >= 0.6 is 0 Å². The summed E-state index contributed by atoms with van der Waals surface area (Å²) >= 11 is 0. The van der Waals surface area contributed by atoms with Crippen LogP contribution in [0.3, 0.4) is 0 Å². The minimum atomic E-state index is -0.524. The summed E-state index contributed by atoms with van der Waals surface area (Å²) in [4.78, 5) is 24.8. The van der Waals surface area contributed by atoms with Gasteiger partial charge in [-0.1, -0.05) is 32.9 Å². The number of nitrogens with one attached hydrogen (secondary N) is 3. The summed E-state index contributed by atoms with van der Waals surface area (Å²) < 4.78 is 7.19. The predicted molar refractivity (Wildman–Crippen MR) is 115 cm³/mol. The van der Waals surface area contributed by atoms with Gasteiger partial charge in [-0.25, -0.2) is 4.68 Å². The molecular weight excluding hydrogens is 382 g/mol. The van der Waals surface area contributed by atoms with Gasteiger partial charge in [0.15, 0.2) is 12.9 Å². The van der Waals surface area contributed by atoms with Crippen LogP contribution in [-0.4, -0.2) is 34.2 Å². The lowest BCUT2D eigenvalue weighted by molar-refractivity contribution is -0.130. The molecule has 1 saturated heterocycles. The van der Waals surface area contributed by atoms with E-state index in [4.69, 9.17) is 4.74 Å². The highest BCUT2D eigenvalue weighted by atomic mass is 16.5. The van der Waals surface area contributed by atoms with E-state index in [9.17, 15) is 9.59 Å². The number of benzene rings is 1. The van der Waals surface area contributed by atoms with Crippen LogP contribution in [0.15, 0.2) is 30.3 Å². The van der Waals surface area contributed by atoms with Gasteiger partial charge in [-0.05, 0) is 43.9 Å². The number of hydrogen-bond acceptors (Lipinski definition) is 5. The van der Waals surface area contributed by atoms with Gasteiger partial charge in [0.05, 0.1) is 11.6 Å². The number of carbonyl (C=O) groups excluding carboxylic acids is 2. The fourth-order valence-electron chi connectivity index (χ4n) is 3.63. The predicted octanol–water partition coefficient (Wildman–Crippen LogP) is 2.92. The number of nitrogens with zero attached hydrogens (tertiary/aromatic N) is 2. The molecule has 1 aromatic carbocycles. The highest BCUT2D eigenvalue weighted by molar-refractivity contribution is 5.91. The van der Waals surface area contributed by atoms with Gasteiger partial charge in [-0.2, -0.15) is 5.10 Å². The molecule has 3 N–H and O–H groups in total. The molecule has 3 rings (SSSR count). The van der Waals surface area contributed by atoms with Gasteiger partial charge < -0.3 is 15.4 Å². The number of ether oxygens (including phenoxy) is 1. The van der Waals surface area contributed by atoms with E-state index in [-0.39, 0.29) is 30.4 Å². The third kappa shape index (κ3) is 4.99. The van der Waals surface area contributed by atoms with E-state index in [0.717, 1.165) is 12.1 Å². The van der Waals surface area contributed by atoms with Crippen molar-refractivity contribution >= 4 is 17.6 Å². The molecule has 2 heterocycles. The van der Waals surface area contributed by atoms with Crippen LogP contribution in [0.25, 0.3) is 0 Å². The molecule has 8 nitrogen and oxygen atoms in total. The lowest BCUT2D eigenvalue weighted by atomic mass is 9.95. The smallest absolute Gasteiger partial charge is 0.263 e. The fourth-order valence-corrected chi connectivity index (χ4v) is 3.63. The van der Waals surface area contributed by atoms with Gasteiger partial charge in [-0.3, -0.25) is 14.9 Å². The largest absolute Gasteiger partial charge is 0.484 e. The first-order valence-corrected chi connectivity index (χ1v) is 10.4. The molecule has 1 aromatic heterocycles. The summed E-state index contributed by atoms with van der Waals surface area (Å²) in [6, 6.07) is 9.49. The van der Waals surface area contributed by atoms with Crippen LogP contribution in [0.5, 0.6) is 5.75 Å². The molecule has 2 aromatic rings. The zero-order valence-electron chi connectivity index (χ0n) is 18.2. The van der Waals surface area contributed by atoms with Crippen LogP contribution in [0, 0.1) is 12.8 Å². The minimum Gasteiger partial charge on any atom is -0.484 e. The van der Waals surface area contributed by atoms with Crippen molar-refractivity contribution < 1.29 is 14.3 Å². The van der Waals surface area contributed by atoms with E-state index in [2.05, 4.69) is 34.9 Å². The van der Waals surface area contributed by atoms with Crippen molar-refractivity contribution in [2.24, 2.45) is 5.92 Å². The van der Waals surface area contributed by atoms with E-state index < -0.39 is 6.29 Å². The second-order valence-corrected chi connectivity index (χ2v) is 8.06. The Morgan fingerprint density at radius 3 is 2.60 bits per heavy atom. The van der Waals surface area contributed by atoms with Crippen molar-refractivity contribution in [3.63, 3.8) is 0 Å². The Kier molecular flexibility index (Phi) is 6.77. The number of carbonyl (C=O) groups is 2. The normalized spacial score (nSPS) is 21.4. The number of rotatable bonds is 7. The fraction of sp³-hybridized carbons (Fsp3) is 0.500. The van der Waals surface area contributed by atoms with E-state index in [1.807, 2.05) is 45.0 Å². The Morgan fingerprint density at radius 1 is 1.30 bits per heavy atom. The molecule has 30 heavy (non-hydrogen) atoms. The van der Waals surface area contributed by atoms with Crippen molar-refractivity contribution in [3.8, 4) is 5.75 Å². The molecule has 1 aliphatic rings. The van der Waals surface area contributed by atoms with Gasteiger partial charge in [-0.15, -0.1) is 0 Å². The third-order valence-corrected chi connectivity index (χ3v) is 5.37. The second-order valence-electron chi connectivity index (χ2n) is 8.06. The molecule has 3 atom stereocenters. The maximum atomic E-state index is 12.4. The highest BCUT2D eigenvalue weighted by Gasteiger charge is 2.34. The Labute approximate surface area is 177 Å². The SMILES string of the molecule is CCC1C(=O)NC(n2nc(C)cc2NC(=O)COc2ccc(C(C)C)cc2)NC1C. The van der Waals surface area contributed by atoms with Crippen molar-refractivity contribution in [1.29, 1.82) is 0 Å². The first kappa shape index (κ1) is 21.8. The van der Waals surface area contributed by atoms with E-state index in [1.54, 1.807) is 10.7 Å². The van der Waals surface area contributed by atoms with Crippen LogP contribution in [0.2, 0.25) is 0 Å². The average molecular weight is 414 g/mol. The summed E-state index contributed by atoms with van der Waals surface area (Å²) in [6.45, 7) is 9.93. The molecule has 0 aliphatic carbocycles. The molecule has 0 saturated carbocycles. The van der Waals surface area contributed by atoms with Gasteiger partial charge >= 0.3 is 0 Å². The number of hydrogen-bond donors (Lipinski definition) is 3. The molecule has 2 amide bonds. The number of aromatic nitrogens is 2. The van der Waals surface area contributed by atoms with Crippen LogP contribution in [0.1, 0.15) is 57.6 Å². The highest BCUT2D eigenvalue weighted by Crippen LogP contribution is 2.22. The molecule has 0 bridgehead atoms. The Hall–Kier alpha value is -2.87. The van der Waals surface area contributed by atoms with Crippen molar-refractivity contribution in [3.05, 3.63) is 41.6 Å². The van der Waals surface area contributed by atoms with Crippen molar-refractivity contribution in [2.75, 3.05) is 11.9 Å². The van der Waals surface area contributed by atoms with Crippen molar-refractivity contribution in [1.82, 2.24) is 20.4 Å². The van der Waals surface area contributed by atoms with Crippen LogP contribution in [-0.2, 0) is 9.59 Å². The summed E-state index contributed by atoms with van der Waals surface area (Å²) in [5.74, 6) is 1.16. The second kappa shape index (κ2) is 9.30. The zero-order valence-corrected chi connectivity index (χ0v) is 18.2. The van der Waals surface area contributed by atoms with Gasteiger partial charge in [0.2, 0.25) is 5.91 Å². The lowest BCUT2D eigenvalue weighted by Crippen LogP contribution is -2.57. The molecule has 3 unspecified atom stereocenters. The maximum Gasteiger partial charge on any atom is 0.263 e. The number of anilines is 1. The minimum absolute atomic E-state index is 0.000971. The lowest BCUT2D eigenvalue weighted by Gasteiger charge is -2.35. The zero-order chi connectivity index (χ0) is 21.8. The summed E-state index contributed by atoms with van der Waals surface area (Å²) in [5, 5.41) is 13.5. The number of aryl methyl sites for hydroxylation is 1. The summed E-state index contributed by atoms with van der Waals surface area (Å²) in [5.41, 5.74) is 1.95. The molecule has 1 fully saturated rings. The summed E-state index contributed by atoms with van der Waals surface area (Å²) in [6.07, 6.45) is 0.230. The number of amides is 2. The van der Waals surface area contributed by atoms with Gasteiger partial charge in [0, 0.05) is 12.1 Å². The maximum absolute atomic E-state index is 12.4. The average Bonchev–Trinajstić information content (AvgIpc) is 3.06. The molecule has 8 heteroatoms. The first-order valence-electron chi connectivity index (χ1n) is 10.4. The Morgan fingerprint density at radius 2 is 2.00 bits per heavy atom. The summed E-state index contributed by atoms with van der Waals surface area (Å²) in [7, 11) is 0. The topological polar surface area (TPSA) is 97.3 Å². The van der Waals surface area contributed by atoms with Crippen molar-refractivity contribution in [2.45, 2.75) is 59.3 Å². The monoisotopic (exact) mass is 413 g/mol. The quantitative estimate of drug-likeness (QED) is 0.648.